The Morgan fingerprint density at radius 2 is 1.47 bits per heavy atom. The molecule has 4 heteroatoms. The minimum atomic E-state index is 0.649. The number of aromatic nitrogens is 2. The first-order valence-electron chi connectivity index (χ1n) is 11.2. The van der Waals surface area contributed by atoms with Crippen molar-refractivity contribution in [3.63, 3.8) is 0 Å². The van der Waals surface area contributed by atoms with Crippen molar-refractivity contribution in [3.05, 3.63) is 109 Å². The van der Waals surface area contributed by atoms with Gasteiger partial charge >= 0.3 is 0 Å². The molecule has 0 atom stereocenters. The summed E-state index contributed by atoms with van der Waals surface area (Å²) in [6, 6.07) is 34.4. The lowest BCUT2D eigenvalue weighted by Gasteiger charge is -2.10. The van der Waals surface area contributed by atoms with Crippen LogP contribution in [-0.4, -0.2) is 9.97 Å². The van der Waals surface area contributed by atoms with Crippen LogP contribution in [-0.2, 0) is 0 Å². The third kappa shape index (κ3) is 3.08. The fourth-order valence-electron chi connectivity index (χ4n) is 4.53. The Morgan fingerprint density at radius 1 is 0.618 bits per heavy atom. The zero-order chi connectivity index (χ0) is 22.5. The maximum atomic E-state index is 6.25. The SMILES string of the molecule is c1ccc(-c2cccc(Oc3ccc4ccc5cc6c(nc5c4c3)oc3ccccc36)c2)nc1. The first kappa shape index (κ1) is 18.8. The summed E-state index contributed by atoms with van der Waals surface area (Å²) >= 11 is 0. The highest BCUT2D eigenvalue weighted by Crippen LogP contribution is 2.35. The Bertz CT molecular complexity index is 1840. The molecule has 0 aliphatic rings. The van der Waals surface area contributed by atoms with Crippen LogP contribution in [0, 0.1) is 0 Å². The third-order valence-corrected chi connectivity index (χ3v) is 6.15. The Kier molecular flexibility index (Phi) is 4.11. The summed E-state index contributed by atoms with van der Waals surface area (Å²) in [5.41, 5.74) is 4.32. The van der Waals surface area contributed by atoms with Crippen molar-refractivity contribution >= 4 is 43.7 Å². The Labute approximate surface area is 195 Å². The standard InChI is InChI=1S/C30H18N2O2/c1-2-10-28-24(8-1)26-17-21-12-11-19-13-14-23(18-25(19)29(21)32-30(26)34-28)33-22-7-5-6-20(16-22)27-9-3-4-15-31-27/h1-18H. The van der Waals surface area contributed by atoms with Crippen molar-refractivity contribution in [2.45, 2.75) is 0 Å². The molecule has 0 saturated carbocycles. The molecule has 0 radical (unpaired) electrons. The molecule has 4 nitrogen and oxygen atoms in total. The van der Waals surface area contributed by atoms with Gasteiger partial charge in [-0.05, 0) is 53.9 Å². The Morgan fingerprint density at radius 3 is 2.41 bits per heavy atom. The van der Waals surface area contributed by atoms with Gasteiger partial charge in [-0.2, -0.15) is 0 Å². The predicted octanol–water partition coefficient (Wildman–Crippen LogP) is 8.14. The maximum absolute atomic E-state index is 6.25. The van der Waals surface area contributed by atoms with Crippen molar-refractivity contribution in [2.24, 2.45) is 0 Å². The molecule has 0 spiro atoms. The maximum Gasteiger partial charge on any atom is 0.227 e. The van der Waals surface area contributed by atoms with Gasteiger partial charge in [0.25, 0.3) is 0 Å². The summed E-state index contributed by atoms with van der Waals surface area (Å²) in [7, 11) is 0. The average molecular weight is 438 g/mol. The van der Waals surface area contributed by atoms with Gasteiger partial charge in [0.05, 0.1) is 11.2 Å². The zero-order valence-electron chi connectivity index (χ0n) is 18.1. The minimum absolute atomic E-state index is 0.649. The molecule has 0 unspecified atom stereocenters. The van der Waals surface area contributed by atoms with Crippen LogP contribution in [0.15, 0.2) is 114 Å². The molecule has 160 valence electrons. The van der Waals surface area contributed by atoms with Gasteiger partial charge in [-0.1, -0.05) is 54.6 Å². The normalized spacial score (nSPS) is 11.5. The molecule has 3 aromatic heterocycles. The van der Waals surface area contributed by atoms with Crippen molar-refractivity contribution in [1.82, 2.24) is 9.97 Å². The molecule has 0 bridgehead atoms. The zero-order valence-corrected chi connectivity index (χ0v) is 18.1. The van der Waals surface area contributed by atoms with Crippen molar-refractivity contribution in [3.8, 4) is 22.8 Å². The molecule has 0 N–H and O–H groups in total. The quantitative estimate of drug-likeness (QED) is 0.261. The molecule has 3 heterocycles. The van der Waals surface area contributed by atoms with E-state index in [1.54, 1.807) is 6.20 Å². The molecule has 0 saturated heterocycles. The molecule has 7 rings (SSSR count). The number of hydrogen-bond acceptors (Lipinski definition) is 4. The van der Waals surface area contributed by atoms with Gasteiger partial charge < -0.3 is 9.15 Å². The molecule has 0 fully saturated rings. The van der Waals surface area contributed by atoms with Gasteiger partial charge in [0.1, 0.15) is 17.1 Å². The number of pyridine rings is 2. The summed E-state index contributed by atoms with van der Waals surface area (Å²) in [4.78, 5) is 9.35. The van der Waals surface area contributed by atoms with E-state index in [1.165, 1.54) is 0 Å². The number of rotatable bonds is 3. The van der Waals surface area contributed by atoms with Crippen LogP contribution in [0.1, 0.15) is 0 Å². The highest BCUT2D eigenvalue weighted by molar-refractivity contribution is 6.12. The third-order valence-electron chi connectivity index (χ3n) is 6.15. The van der Waals surface area contributed by atoms with Crippen LogP contribution >= 0.6 is 0 Å². The molecule has 0 aliphatic heterocycles. The number of hydrogen-bond donors (Lipinski definition) is 0. The summed E-state index contributed by atoms with van der Waals surface area (Å²) in [6.45, 7) is 0. The second-order valence-corrected chi connectivity index (χ2v) is 8.30. The minimum Gasteiger partial charge on any atom is -0.457 e. The molecular weight excluding hydrogens is 420 g/mol. The number of para-hydroxylation sites is 1. The summed E-state index contributed by atoms with van der Waals surface area (Å²) in [6.07, 6.45) is 1.79. The molecular formula is C30H18N2O2. The van der Waals surface area contributed by atoms with E-state index in [0.29, 0.717) is 5.71 Å². The van der Waals surface area contributed by atoms with Crippen molar-refractivity contribution in [1.29, 1.82) is 0 Å². The van der Waals surface area contributed by atoms with E-state index in [2.05, 4.69) is 35.3 Å². The largest absolute Gasteiger partial charge is 0.457 e. The summed E-state index contributed by atoms with van der Waals surface area (Å²) in [5, 5.41) is 5.31. The molecule has 7 aromatic rings. The number of fused-ring (bicyclic) bond motifs is 6. The second-order valence-electron chi connectivity index (χ2n) is 8.30. The molecule has 34 heavy (non-hydrogen) atoms. The lowest BCUT2D eigenvalue weighted by Crippen LogP contribution is -1.88. The second kappa shape index (κ2) is 7.42. The van der Waals surface area contributed by atoms with Gasteiger partial charge in [-0.25, -0.2) is 4.98 Å². The highest BCUT2D eigenvalue weighted by Gasteiger charge is 2.12. The summed E-state index contributed by atoms with van der Waals surface area (Å²) < 4.78 is 12.3. The van der Waals surface area contributed by atoms with E-state index in [1.807, 2.05) is 72.8 Å². The van der Waals surface area contributed by atoms with E-state index in [0.717, 1.165) is 60.8 Å². The van der Waals surface area contributed by atoms with E-state index in [-0.39, 0.29) is 0 Å². The Hall–Kier alpha value is -4.70. The number of furan rings is 1. The summed E-state index contributed by atoms with van der Waals surface area (Å²) in [5.74, 6) is 1.51. The average Bonchev–Trinajstić information content (AvgIpc) is 3.26. The van der Waals surface area contributed by atoms with Crippen LogP contribution in [0.25, 0.3) is 55.0 Å². The predicted molar refractivity (Wildman–Crippen MR) is 136 cm³/mol. The van der Waals surface area contributed by atoms with Crippen LogP contribution in [0.2, 0.25) is 0 Å². The van der Waals surface area contributed by atoms with Crippen molar-refractivity contribution in [2.75, 3.05) is 0 Å². The van der Waals surface area contributed by atoms with Crippen LogP contribution in [0.3, 0.4) is 0 Å². The van der Waals surface area contributed by atoms with Crippen LogP contribution in [0.5, 0.6) is 11.5 Å². The first-order chi connectivity index (χ1) is 16.8. The molecule has 0 aliphatic carbocycles. The monoisotopic (exact) mass is 438 g/mol. The molecule has 0 amide bonds. The lowest BCUT2D eigenvalue weighted by molar-refractivity contribution is 0.483. The van der Waals surface area contributed by atoms with Gasteiger partial charge in [0, 0.05) is 33.3 Å². The van der Waals surface area contributed by atoms with E-state index in [9.17, 15) is 0 Å². The van der Waals surface area contributed by atoms with Gasteiger partial charge in [-0.15, -0.1) is 0 Å². The van der Waals surface area contributed by atoms with Crippen molar-refractivity contribution < 1.29 is 9.15 Å². The van der Waals surface area contributed by atoms with Crippen LogP contribution in [0.4, 0.5) is 0 Å². The van der Waals surface area contributed by atoms with Gasteiger partial charge in [-0.3, -0.25) is 4.98 Å². The number of benzene rings is 4. The lowest BCUT2D eigenvalue weighted by atomic mass is 10.0. The van der Waals surface area contributed by atoms with Gasteiger partial charge in [0.15, 0.2) is 0 Å². The van der Waals surface area contributed by atoms with E-state index in [4.69, 9.17) is 14.1 Å². The Balaban J connectivity index is 1.34. The topological polar surface area (TPSA) is 48.2 Å². The first-order valence-corrected chi connectivity index (χ1v) is 11.2. The van der Waals surface area contributed by atoms with Gasteiger partial charge in [0.2, 0.25) is 5.71 Å². The number of ether oxygens (including phenoxy) is 1. The fourth-order valence-corrected chi connectivity index (χ4v) is 4.53. The molecule has 4 aromatic carbocycles. The number of nitrogens with zero attached hydrogens (tertiary/aromatic N) is 2. The van der Waals surface area contributed by atoms with E-state index >= 15 is 0 Å². The van der Waals surface area contributed by atoms with Crippen LogP contribution < -0.4 is 4.74 Å². The smallest absolute Gasteiger partial charge is 0.227 e. The highest BCUT2D eigenvalue weighted by atomic mass is 16.5. The fraction of sp³-hybridized carbons (Fsp3) is 0. The van der Waals surface area contributed by atoms with E-state index < -0.39 is 0 Å².